The molecule has 96 valence electrons. The molecule has 1 aliphatic carbocycles. The van der Waals surface area contributed by atoms with E-state index in [1.54, 1.807) is 11.8 Å². The average molecular weight is 255 g/mol. The van der Waals surface area contributed by atoms with Crippen LogP contribution in [0.3, 0.4) is 0 Å². The van der Waals surface area contributed by atoms with E-state index in [9.17, 15) is 9.59 Å². The number of β-lactam (4-membered cyclic amide) rings is 1. The summed E-state index contributed by atoms with van der Waals surface area (Å²) in [7, 11) is 0. The van der Waals surface area contributed by atoms with E-state index in [0.717, 1.165) is 38.1 Å². The van der Waals surface area contributed by atoms with Crippen LogP contribution in [0.15, 0.2) is 0 Å². The van der Waals surface area contributed by atoms with Crippen LogP contribution >= 0.6 is 12.6 Å². The van der Waals surface area contributed by atoms with E-state index in [0.29, 0.717) is 5.75 Å². The normalized spacial score (nSPS) is 34.6. The van der Waals surface area contributed by atoms with Crippen molar-refractivity contribution in [2.24, 2.45) is 11.3 Å². The molecule has 1 spiro atoms. The number of carbonyl (C=O) groups excluding carboxylic acids is 2. The zero-order valence-corrected chi connectivity index (χ0v) is 11.5. The first-order valence-electron chi connectivity index (χ1n) is 6.42. The van der Waals surface area contributed by atoms with Gasteiger partial charge < -0.3 is 4.90 Å². The van der Waals surface area contributed by atoms with E-state index >= 15 is 0 Å². The summed E-state index contributed by atoms with van der Waals surface area (Å²) in [6.07, 6.45) is 4.29. The molecule has 0 N–H and O–H groups in total. The van der Waals surface area contributed by atoms with Gasteiger partial charge in [-0.1, -0.05) is 6.92 Å². The number of Topliss-reactive ketones (excluding diaryl/α,β-unsaturated/α-hetero) is 1. The molecule has 1 atom stereocenters. The average Bonchev–Trinajstić information content (AvgIpc) is 2.30. The fourth-order valence-electron chi connectivity index (χ4n) is 3.06. The predicted octanol–water partition coefficient (Wildman–Crippen LogP) is 1.91. The molecule has 1 unspecified atom stereocenters. The fourth-order valence-corrected chi connectivity index (χ4v) is 3.52. The zero-order valence-electron chi connectivity index (χ0n) is 10.6. The number of rotatable bonds is 3. The number of ketones is 1. The third-order valence-corrected chi connectivity index (χ3v) is 4.78. The molecular formula is C13H21NO2S. The van der Waals surface area contributed by atoms with Gasteiger partial charge in [0.15, 0.2) is 5.78 Å². The summed E-state index contributed by atoms with van der Waals surface area (Å²) < 4.78 is 0. The van der Waals surface area contributed by atoms with Crippen LogP contribution in [0, 0.1) is 11.3 Å². The van der Waals surface area contributed by atoms with Crippen LogP contribution < -0.4 is 0 Å². The Balaban J connectivity index is 2.01. The summed E-state index contributed by atoms with van der Waals surface area (Å²) in [6.45, 7) is 4.56. The second-order valence-electron chi connectivity index (χ2n) is 5.70. The molecule has 1 amide bonds. The highest BCUT2D eigenvalue weighted by Gasteiger charge is 2.54. The Morgan fingerprint density at radius 3 is 2.53 bits per heavy atom. The molecule has 0 bridgehead atoms. The third kappa shape index (κ3) is 2.12. The van der Waals surface area contributed by atoms with Gasteiger partial charge in [-0.05, 0) is 38.5 Å². The number of nitrogens with zero attached hydrogens (tertiary/aromatic N) is 1. The Kier molecular flexibility index (Phi) is 3.53. The third-order valence-electron chi connectivity index (χ3n) is 4.44. The van der Waals surface area contributed by atoms with Crippen molar-refractivity contribution in [1.29, 1.82) is 0 Å². The van der Waals surface area contributed by atoms with Crippen LogP contribution in [-0.4, -0.2) is 34.9 Å². The number of thiol groups is 1. The molecule has 17 heavy (non-hydrogen) atoms. The van der Waals surface area contributed by atoms with Gasteiger partial charge in [0.25, 0.3) is 0 Å². The molecule has 0 radical (unpaired) electrons. The second kappa shape index (κ2) is 4.63. The van der Waals surface area contributed by atoms with Crippen molar-refractivity contribution >= 4 is 24.3 Å². The summed E-state index contributed by atoms with van der Waals surface area (Å²) in [5.74, 6) is 1.43. The number of hydrogen-bond acceptors (Lipinski definition) is 3. The molecule has 1 saturated carbocycles. The Morgan fingerprint density at radius 1 is 1.53 bits per heavy atom. The van der Waals surface area contributed by atoms with Gasteiger partial charge in [0.05, 0.1) is 11.5 Å². The van der Waals surface area contributed by atoms with Crippen molar-refractivity contribution < 1.29 is 9.59 Å². The molecule has 4 heteroatoms. The smallest absolute Gasteiger partial charge is 0.231 e. The minimum atomic E-state index is -0.309. The van der Waals surface area contributed by atoms with Gasteiger partial charge in [-0.25, -0.2) is 0 Å². The quantitative estimate of drug-likeness (QED) is 0.618. The lowest BCUT2D eigenvalue weighted by atomic mass is 9.65. The molecule has 1 heterocycles. The highest BCUT2D eigenvalue weighted by molar-refractivity contribution is 7.80. The van der Waals surface area contributed by atoms with Gasteiger partial charge in [-0.2, -0.15) is 12.6 Å². The minimum absolute atomic E-state index is 0.0485. The number of amides is 1. The van der Waals surface area contributed by atoms with Crippen molar-refractivity contribution in [2.45, 2.75) is 45.6 Å². The van der Waals surface area contributed by atoms with Crippen LogP contribution in [-0.2, 0) is 9.59 Å². The Morgan fingerprint density at radius 2 is 2.12 bits per heavy atom. The Hall–Kier alpha value is -0.510. The van der Waals surface area contributed by atoms with Crippen molar-refractivity contribution in [3.05, 3.63) is 0 Å². The van der Waals surface area contributed by atoms with E-state index in [1.807, 2.05) is 0 Å². The number of hydrogen-bond donors (Lipinski definition) is 1. The van der Waals surface area contributed by atoms with Crippen molar-refractivity contribution in [3.8, 4) is 0 Å². The highest BCUT2D eigenvalue weighted by Crippen LogP contribution is 2.47. The van der Waals surface area contributed by atoms with Crippen LogP contribution in [0.2, 0.25) is 0 Å². The zero-order chi connectivity index (χ0) is 12.6. The number of likely N-dealkylation sites (tertiary alicyclic amines) is 1. The summed E-state index contributed by atoms with van der Waals surface area (Å²) in [5.41, 5.74) is -0.122. The maximum atomic E-state index is 12.3. The summed E-state index contributed by atoms with van der Waals surface area (Å²) >= 11 is 4.17. The minimum Gasteiger partial charge on any atom is -0.330 e. The van der Waals surface area contributed by atoms with E-state index in [1.165, 1.54) is 0 Å². The Labute approximate surface area is 108 Å². The monoisotopic (exact) mass is 255 g/mol. The SMILES string of the molecule is CC(=O)C(CS)N1CC2(CCC(C)CC2)C1=O. The fraction of sp³-hybridized carbons (Fsp3) is 0.846. The molecule has 1 saturated heterocycles. The summed E-state index contributed by atoms with van der Waals surface area (Å²) in [5, 5.41) is 0. The van der Waals surface area contributed by atoms with Gasteiger partial charge in [-0.3, -0.25) is 9.59 Å². The van der Waals surface area contributed by atoms with Crippen LogP contribution in [0.4, 0.5) is 0 Å². The van der Waals surface area contributed by atoms with E-state index in [2.05, 4.69) is 19.6 Å². The topological polar surface area (TPSA) is 37.4 Å². The molecule has 2 fully saturated rings. The van der Waals surface area contributed by atoms with Gasteiger partial charge >= 0.3 is 0 Å². The first-order chi connectivity index (χ1) is 8.00. The lowest BCUT2D eigenvalue weighted by molar-refractivity contribution is -0.170. The first kappa shape index (κ1) is 12.9. The molecule has 2 rings (SSSR count). The van der Waals surface area contributed by atoms with Crippen LogP contribution in [0.25, 0.3) is 0 Å². The van der Waals surface area contributed by atoms with E-state index in [4.69, 9.17) is 0 Å². The molecular weight excluding hydrogens is 234 g/mol. The Bertz CT molecular complexity index is 334. The number of carbonyl (C=O) groups is 2. The maximum absolute atomic E-state index is 12.3. The molecule has 0 aromatic heterocycles. The van der Waals surface area contributed by atoms with Crippen molar-refractivity contribution in [3.63, 3.8) is 0 Å². The molecule has 2 aliphatic rings. The largest absolute Gasteiger partial charge is 0.330 e. The summed E-state index contributed by atoms with van der Waals surface area (Å²) in [4.78, 5) is 25.5. The molecule has 1 aliphatic heterocycles. The van der Waals surface area contributed by atoms with Gasteiger partial charge in [0, 0.05) is 12.3 Å². The first-order valence-corrected chi connectivity index (χ1v) is 7.06. The van der Waals surface area contributed by atoms with Crippen molar-refractivity contribution in [1.82, 2.24) is 4.90 Å². The van der Waals surface area contributed by atoms with E-state index in [-0.39, 0.29) is 23.1 Å². The molecule has 0 aromatic rings. The second-order valence-corrected chi connectivity index (χ2v) is 6.07. The van der Waals surface area contributed by atoms with Crippen molar-refractivity contribution in [2.75, 3.05) is 12.3 Å². The van der Waals surface area contributed by atoms with E-state index < -0.39 is 0 Å². The standard InChI is InChI=1S/C13H21NO2S/c1-9-3-5-13(6-4-9)8-14(12(13)16)11(7-17)10(2)15/h9,11,17H,3-8H2,1-2H3. The predicted molar refractivity (Wildman–Crippen MR) is 70.1 cm³/mol. The molecule has 3 nitrogen and oxygen atoms in total. The lowest BCUT2D eigenvalue weighted by Gasteiger charge is -2.53. The van der Waals surface area contributed by atoms with Gasteiger partial charge in [-0.15, -0.1) is 0 Å². The van der Waals surface area contributed by atoms with Crippen LogP contribution in [0.5, 0.6) is 0 Å². The molecule has 0 aromatic carbocycles. The summed E-state index contributed by atoms with van der Waals surface area (Å²) in [6, 6.07) is -0.309. The highest BCUT2D eigenvalue weighted by atomic mass is 32.1. The maximum Gasteiger partial charge on any atom is 0.231 e. The van der Waals surface area contributed by atoms with Gasteiger partial charge in [0.1, 0.15) is 0 Å². The van der Waals surface area contributed by atoms with Gasteiger partial charge in [0.2, 0.25) is 5.91 Å². The lowest BCUT2D eigenvalue weighted by Crippen LogP contribution is -2.67. The van der Waals surface area contributed by atoms with Crippen LogP contribution in [0.1, 0.15) is 39.5 Å².